The summed E-state index contributed by atoms with van der Waals surface area (Å²) in [7, 11) is 1.63. The van der Waals surface area contributed by atoms with Crippen LogP contribution in [0.15, 0.2) is 82.5 Å². The number of carbonyl (C=O) groups excluding carboxylic acids is 2. The Balaban J connectivity index is 1.27. The molecule has 3 heterocycles. The van der Waals surface area contributed by atoms with Crippen LogP contribution < -0.4 is 10.1 Å². The van der Waals surface area contributed by atoms with Gasteiger partial charge in [-0.25, -0.2) is 5.01 Å². The van der Waals surface area contributed by atoms with E-state index < -0.39 is 0 Å². The van der Waals surface area contributed by atoms with Gasteiger partial charge in [-0.05, 0) is 73.5 Å². The lowest BCUT2D eigenvalue weighted by Gasteiger charge is -2.32. The van der Waals surface area contributed by atoms with E-state index in [1.54, 1.807) is 18.4 Å². The summed E-state index contributed by atoms with van der Waals surface area (Å²) in [6.07, 6.45) is 3.85. The molecule has 2 aliphatic heterocycles. The largest absolute Gasteiger partial charge is 0.497 e. The van der Waals surface area contributed by atoms with Gasteiger partial charge in [0.05, 0.1) is 31.5 Å². The molecule has 1 saturated heterocycles. The van der Waals surface area contributed by atoms with Crippen LogP contribution in [0.5, 0.6) is 5.75 Å². The number of nitrogens with zero attached hydrogens (tertiary/aromatic N) is 3. The van der Waals surface area contributed by atoms with Crippen molar-refractivity contribution in [3.05, 3.63) is 84.3 Å². The number of nitrogens with one attached hydrogen (secondary N) is 1. The van der Waals surface area contributed by atoms with E-state index >= 15 is 0 Å². The number of piperidine rings is 1. The van der Waals surface area contributed by atoms with E-state index in [1.165, 1.54) is 0 Å². The van der Waals surface area contributed by atoms with Gasteiger partial charge in [-0.3, -0.25) is 14.5 Å². The molecule has 2 aromatic carbocycles. The number of likely N-dealkylation sites (tertiary alicyclic amines) is 1. The first-order chi connectivity index (χ1) is 17.6. The highest BCUT2D eigenvalue weighted by molar-refractivity contribution is 6.03. The van der Waals surface area contributed by atoms with E-state index in [0.717, 1.165) is 42.1 Å². The molecule has 8 heteroatoms. The molecule has 0 unspecified atom stereocenters. The maximum absolute atomic E-state index is 13.5. The van der Waals surface area contributed by atoms with E-state index in [1.807, 2.05) is 66.7 Å². The molecule has 36 heavy (non-hydrogen) atoms. The Bertz CT molecular complexity index is 1210. The number of benzene rings is 2. The smallest absolute Gasteiger partial charge is 0.257 e. The van der Waals surface area contributed by atoms with Gasteiger partial charge in [-0.2, -0.15) is 5.10 Å². The average Bonchev–Trinajstić information content (AvgIpc) is 3.60. The zero-order chi connectivity index (χ0) is 24.9. The monoisotopic (exact) mass is 486 g/mol. The predicted octanol–water partition coefficient (Wildman–Crippen LogP) is 4.32. The molecule has 2 aliphatic rings. The summed E-state index contributed by atoms with van der Waals surface area (Å²) in [6, 6.07) is 20.5. The molecule has 2 amide bonds. The van der Waals surface area contributed by atoms with Crippen molar-refractivity contribution in [3.63, 3.8) is 0 Å². The Hall–Kier alpha value is -3.91. The number of amides is 2. The summed E-state index contributed by atoms with van der Waals surface area (Å²) in [5, 5.41) is 9.26. The molecule has 0 spiro atoms. The highest BCUT2D eigenvalue weighted by atomic mass is 16.5. The SMILES string of the molecule is COc1ccc(C2=NN(C(=O)CN3CCC[C@@H](C(=O)Nc4ccccc4)C3)[C@@H](c3ccco3)C2)cc1. The van der Waals surface area contributed by atoms with Crippen LogP contribution in [-0.4, -0.2) is 54.2 Å². The van der Waals surface area contributed by atoms with Gasteiger partial charge in [-0.1, -0.05) is 18.2 Å². The average molecular weight is 487 g/mol. The second-order valence-electron chi connectivity index (χ2n) is 9.18. The van der Waals surface area contributed by atoms with Gasteiger partial charge in [0.1, 0.15) is 17.6 Å². The van der Waals surface area contributed by atoms with Crippen molar-refractivity contribution in [1.82, 2.24) is 9.91 Å². The second kappa shape index (κ2) is 10.8. The minimum absolute atomic E-state index is 0.00667. The zero-order valence-electron chi connectivity index (χ0n) is 20.3. The van der Waals surface area contributed by atoms with E-state index in [9.17, 15) is 9.59 Å². The summed E-state index contributed by atoms with van der Waals surface area (Å²) in [4.78, 5) is 28.4. The van der Waals surface area contributed by atoms with Gasteiger partial charge >= 0.3 is 0 Å². The maximum atomic E-state index is 13.5. The van der Waals surface area contributed by atoms with Gasteiger partial charge in [0.25, 0.3) is 5.91 Å². The number of ether oxygens (including phenoxy) is 1. The molecule has 2 atom stereocenters. The van der Waals surface area contributed by atoms with Crippen molar-refractivity contribution in [2.24, 2.45) is 11.0 Å². The zero-order valence-corrected chi connectivity index (χ0v) is 20.3. The van der Waals surface area contributed by atoms with Crippen molar-refractivity contribution in [3.8, 4) is 5.75 Å². The van der Waals surface area contributed by atoms with Crippen molar-refractivity contribution < 1.29 is 18.7 Å². The third kappa shape index (κ3) is 5.33. The fourth-order valence-electron chi connectivity index (χ4n) is 4.84. The number of methoxy groups -OCH3 is 1. The van der Waals surface area contributed by atoms with E-state index in [0.29, 0.717) is 18.7 Å². The predicted molar refractivity (Wildman–Crippen MR) is 137 cm³/mol. The van der Waals surface area contributed by atoms with E-state index in [4.69, 9.17) is 14.3 Å². The first-order valence-corrected chi connectivity index (χ1v) is 12.3. The number of carbonyl (C=O) groups is 2. The second-order valence-corrected chi connectivity index (χ2v) is 9.18. The normalized spacial score (nSPS) is 20.1. The van der Waals surface area contributed by atoms with Gasteiger partial charge < -0.3 is 14.5 Å². The minimum atomic E-state index is -0.299. The number of anilines is 1. The Morgan fingerprint density at radius 2 is 1.89 bits per heavy atom. The first kappa shape index (κ1) is 23.8. The number of rotatable bonds is 7. The van der Waals surface area contributed by atoms with Crippen LogP contribution in [0, 0.1) is 5.92 Å². The summed E-state index contributed by atoms with van der Waals surface area (Å²) in [5.74, 6) is 1.19. The minimum Gasteiger partial charge on any atom is -0.497 e. The van der Waals surface area contributed by atoms with Crippen molar-refractivity contribution in [1.29, 1.82) is 0 Å². The van der Waals surface area contributed by atoms with Crippen LogP contribution in [0.4, 0.5) is 5.69 Å². The molecule has 186 valence electrons. The van der Waals surface area contributed by atoms with Crippen LogP contribution in [0.3, 0.4) is 0 Å². The topological polar surface area (TPSA) is 87.4 Å². The number of furan rings is 1. The lowest BCUT2D eigenvalue weighted by molar-refractivity contribution is -0.136. The fraction of sp³-hybridized carbons (Fsp3) is 0.321. The number of hydrogen-bond acceptors (Lipinski definition) is 6. The molecule has 3 aromatic rings. The standard InChI is InChI=1S/C28H30N4O4/c1-35-23-13-11-20(12-14-23)24-17-25(26-10-6-16-36-26)32(30-24)27(33)19-31-15-5-7-21(18-31)28(34)29-22-8-3-2-4-9-22/h2-4,6,8-14,16,21,25H,5,7,15,17-19H2,1H3,(H,29,34)/t21-,25-/m1/s1. The van der Waals surface area contributed by atoms with Gasteiger partial charge in [-0.15, -0.1) is 0 Å². The fourth-order valence-corrected chi connectivity index (χ4v) is 4.84. The van der Waals surface area contributed by atoms with E-state index in [-0.39, 0.29) is 30.3 Å². The lowest BCUT2D eigenvalue weighted by Crippen LogP contribution is -2.45. The molecular weight excluding hydrogens is 456 g/mol. The molecule has 8 nitrogen and oxygen atoms in total. The van der Waals surface area contributed by atoms with Gasteiger partial charge in [0.15, 0.2) is 0 Å². The highest BCUT2D eigenvalue weighted by Gasteiger charge is 2.36. The van der Waals surface area contributed by atoms with Crippen LogP contribution in [0.1, 0.15) is 36.6 Å². The number of hydrogen-bond donors (Lipinski definition) is 1. The molecular formula is C28H30N4O4. The Labute approximate surface area is 210 Å². The summed E-state index contributed by atoms with van der Waals surface area (Å²) in [5.41, 5.74) is 2.55. The van der Waals surface area contributed by atoms with Crippen molar-refractivity contribution >= 4 is 23.2 Å². The van der Waals surface area contributed by atoms with E-state index in [2.05, 4.69) is 10.2 Å². The molecule has 0 radical (unpaired) electrons. The molecule has 0 aliphatic carbocycles. The molecule has 0 saturated carbocycles. The molecule has 1 fully saturated rings. The van der Waals surface area contributed by atoms with Crippen LogP contribution in [0.25, 0.3) is 0 Å². The summed E-state index contributed by atoms with van der Waals surface area (Å²) < 4.78 is 10.9. The number of hydrazone groups is 1. The van der Waals surface area contributed by atoms with Gasteiger partial charge in [0, 0.05) is 18.7 Å². The lowest BCUT2D eigenvalue weighted by atomic mass is 9.97. The van der Waals surface area contributed by atoms with Crippen LogP contribution in [0.2, 0.25) is 0 Å². The van der Waals surface area contributed by atoms with Crippen molar-refractivity contribution in [2.45, 2.75) is 25.3 Å². The Morgan fingerprint density at radius 3 is 2.61 bits per heavy atom. The maximum Gasteiger partial charge on any atom is 0.257 e. The quantitative estimate of drug-likeness (QED) is 0.538. The van der Waals surface area contributed by atoms with Crippen LogP contribution in [-0.2, 0) is 9.59 Å². The van der Waals surface area contributed by atoms with Crippen molar-refractivity contribution in [2.75, 3.05) is 32.1 Å². The van der Waals surface area contributed by atoms with Gasteiger partial charge in [0.2, 0.25) is 5.91 Å². The van der Waals surface area contributed by atoms with Crippen LogP contribution >= 0.6 is 0 Å². The highest BCUT2D eigenvalue weighted by Crippen LogP contribution is 2.33. The Kier molecular flexibility index (Phi) is 7.13. The molecule has 1 N–H and O–H groups in total. The summed E-state index contributed by atoms with van der Waals surface area (Å²) >= 11 is 0. The summed E-state index contributed by atoms with van der Waals surface area (Å²) in [6.45, 7) is 1.51. The molecule has 0 bridgehead atoms. The first-order valence-electron chi connectivity index (χ1n) is 12.3. The molecule has 5 rings (SSSR count). The number of para-hydroxylation sites is 1. The molecule has 1 aromatic heterocycles. The Morgan fingerprint density at radius 1 is 1.08 bits per heavy atom. The third-order valence-corrected chi connectivity index (χ3v) is 6.74. The third-order valence-electron chi connectivity index (χ3n) is 6.74.